The molecule has 0 saturated carbocycles. The minimum absolute atomic E-state index is 0.131. The van der Waals surface area contributed by atoms with Crippen molar-refractivity contribution in [3.05, 3.63) is 48.3 Å². The van der Waals surface area contributed by atoms with Gasteiger partial charge in [-0.2, -0.15) is 5.26 Å². The average Bonchev–Trinajstić information content (AvgIpc) is 2.82. The van der Waals surface area contributed by atoms with Crippen molar-refractivity contribution in [1.82, 2.24) is 9.55 Å². The molecule has 0 aliphatic heterocycles. The van der Waals surface area contributed by atoms with Crippen molar-refractivity contribution in [3.63, 3.8) is 0 Å². The second-order valence-electron chi connectivity index (χ2n) is 3.17. The predicted octanol–water partition coefficient (Wildman–Crippen LogP) is 1.97. The summed E-state index contributed by atoms with van der Waals surface area (Å²) in [5.41, 5.74) is -0.0628. The van der Waals surface area contributed by atoms with E-state index in [4.69, 9.17) is 5.26 Å². The first-order valence-corrected chi connectivity index (χ1v) is 4.70. The largest absolute Gasteiger partial charge is 0.331 e. The van der Waals surface area contributed by atoms with Crippen LogP contribution in [0, 0.1) is 17.1 Å². The quantitative estimate of drug-likeness (QED) is 0.814. The lowest BCUT2D eigenvalue weighted by Crippen LogP contribution is -2.18. The van der Waals surface area contributed by atoms with Crippen molar-refractivity contribution in [2.24, 2.45) is 0 Å². The molecule has 5 nitrogen and oxygen atoms in total. The van der Waals surface area contributed by atoms with Gasteiger partial charge in [-0.05, 0) is 12.1 Å². The molecule has 0 bridgehead atoms. The zero-order chi connectivity index (χ0) is 12.3. The van der Waals surface area contributed by atoms with Crippen molar-refractivity contribution in [2.75, 3.05) is 5.32 Å². The summed E-state index contributed by atoms with van der Waals surface area (Å²) in [6.45, 7) is 0. The molecule has 0 atom stereocenters. The number of aromatic nitrogens is 2. The highest BCUT2D eigenvalue weighted by Crippen LogP contribution is 2.17. The SMILES string of the molecule is N#Cc1c(F)cccc1NC(=O)n1ccnc1. The number of amides is 1. The van der Waals surface area contributed by atoms with Gasteiger partial charge in [0, 0.05) is 12.4 Å². The number of nitrogens with one attached hydrogen (secondary N) is 1. The first kappa shape index (κ1) is 10.8. The van der Waals surface area contributed by atoms with Gasteiger partial charge in [-0.15, -0.1) is 0 Å². The van der Waals surface area contributed by atoms with Crippen LogP contribution in [0.15, 0.2) is 36.9 Å². The third kappa shape index (κ3) is 2.13. The Labute approximate surface area is 96.1 Å². The van der Waals surface area contributed by atoms with Crippen LogP contribution in [0.3, 0.4) is 0 Å². The molecular weight excluding hydrogens is 223 g/mol. The Morgan fingerprint density at radius 2 is 2.35 bits per heavy atom. The van der Waals surface area contributed by atoms with Crippen molar-refractivity contribution in [2.45, 2.75) is 0 Å². The average molecular weight is 230 g/mol. The second-order valence-corrected chi connectivity index (χ2v) is 3.17. The van der Waals surface area contributed by atoms with E-state index in [1.807, 2.05) is 0 Å². The number of hydrogen-bond donors (Lipinski definition) is 1. The number of benzene rings is 1. The summed E-state index contributed by atoms with van der Waals surface area (Å²) in [5, 5.41) is 11.2. The second kappa shape index (κ2) is 4.45. The number of rotatable bonds is 1. The summed E-state index contributed by atoms with van der Waals surface area (Å²) in [5.74, 6) is -0.670. The molecule has 84 valence electrons. The Morgan fingerprint density at radius 3 is 3.00 bits per heavy atom. The maximum Gasteiger partial charge on any atom is 0.331 e. The van der Waals surface area contributed by atoms with E-state index >= 15 is 0 Å². The molecule has 17 heavy (non-hydrogen) atoms. The Bertz CT molecular complexity index is 586. The fourth-order valence-corrected chi connectivity index (χ4v) is 1.30. The topological polar surface area (TPSA) is 70.7 Å². The van der Waals surface area contributed by atoms with E-state index in [1.165, 1.54) is 35.4 Å². The highest BCUT2D eigenvalue weighted by Gasteiger charge is 2.11. The third-order valence-electron chi connectivity index (χ3n) is 2.11. The molecule has 1 amide bonds. The summed E-state index contributed by atoms with van der Waals surface area (Å²) in [4.78, 5) is 15.3. The van der Waals surface area contributed by atoms with Gasteiger partial charge in [0.1, 0.15) is 23.8 Å². The maximum atomic E-state index is 13.3. The van der Waals surface area contributed by atoms with E-state index in [0.717, 1.165) is 6.07 Å². The molecule has 0 aliphatic rings. The Balaban J connectivity index is 2.29. The maximum absolute atomic E-state index is 13.3. The van der Waals surface area contributed by atoms with Crippen LogP contribution in [0.4, 0.5) is 14.9 Å². The number of carbonyl (C=O) groups excluding carboxylic acids is 1. The minimum atomic E-state index is -0.670. The van der Waals surface area contributed by atoms with Crippen molar-refractivity contribution < 1.29 is 9.18 Å². The molecule has 2 aromatic rings. The smallest absolute Gasteiger partial charge is 0.306 e. The number of nitriles is 1. The molecule has 0 spiro atoms. The fourth-order valence-electron chi connectivity index (χ4n) is 1.30. The van der Waals surface area contributed by atoms with Gasteiger partial charge in [-0.1, -0.05) is 6.07 Å². The summed E-state index contributed by atoms with van der Waals surface area (Å²) in [6.07, 6.45) is 4.19. The Hall–Kier alpha value is -2.68. The standard InChI is InChI=1S/C11H7FN4O/c12-9-2-1-3-10(8(9)6-13)15-11(17)16-5-4-14-7-16/h1-5,7H,(H,15,17). The van der Waals surface area contributed by atoms with Crippen LogP contribution in [-0.2, 0) is 0 Å². The normalized spacial score (nSPS) is 9.65. The van der Waals surface area contributed by atoms with Gasteiger partial charge in [0.05, 0.1) is 5.69 Å². The molecule has 0 saturated heterocycles. The highest BCUT2D eigenvalue weighted by atomic mass is 19.1. The Morgan fingerprint density at radius 1 is 1.53 bits per heavy atom. The molecule has 0 unspecified atom stereocenters. The van der Waals surface area contributed by atoms with Gasteiger partial charge in [-0.25, -0.2) is 14.2 Å². The van der Waals surface area contributed by atoms with E-state index in [2.05, 4.69) is 10.3 Å². The molecule has 0 fully saturated rings. The highest BCUT2D eigenvalue weighted by molar-refractivity contribution is 5.92. The summed E-state index contributed by atoms with van der Waals surface area (Å²) in [7, 11) is 0. The number of anilines is 1. The molecule has 6 heteroatoms. The van der Waals surface area contributed by atoms with Crippen LogP contribution in [0.1, 0.15) is 5.56 Å². The van der Waals surface area contributed by atoms with Crippen molar-refractivity contribution in [1.29, 1.82) is 5.26 Å². The van der Waals surface area contributed by atoms with Crippen molar-refractivity contribution >= 4 is 11.7 Å². The molecule has 1 aromatic heterocycles. The van der Waals surface area contributed by atoms with Crippen LogP contribution in [0.25, 0.3) is 0 Å². The first-order chi connectivity index (χ1) is 8.22. The molecule has 0 aliphatic carbocycles. The fraction of sp³-hybridized carbons (Fsp3) is 0. The third-order valence-corrected chi connectivity index (χ3v) is 2.11. The van der Waals surface area contributed by atoms with Crippen LogP contribution in [0.5, 0.6) is 0 Å². The lowest BCUT2D eigenvalue weighted by atomic mass is 10.2. The van der Waals surface area contributed by atoms with E-state index in [1.54, 1.807) is 6.07 Å². The molecule has 1 N–H and O–H groups in total. The molecule has 1 heterocycles. The summed E-state index contributed by atoms with van der Waals surface area (Å²) in [6, 6.07) is 5.22. The first-order valence-electron chi connectivity index (χ1n) is 4.70. The van der Waals surface area contributed by atoms with E-state index in [-0.39, 0.29) is 11.3 Å². The number of imidazole rings is 1. The number of halogens is 1. The number of hydrogen-bond acceptors (Lipinski definition) is 3. The van der Waals surface area contributed by atoms with Gasteiger partial charge in [0.15, 0.2) is 0 Å². The van der Waals surface area contributed by atoms with Gasteiger partial charge in [0.25, 0.3) is 0 Å². The van der Waals surface area contributed by atoms with Gasteiger partial charge >= 0.3 is 6.03 Å². The molecule has 2 rings (SSSR count). The van der Waals surface area contributed by atoms with Gasteiger partial charge in [0.2, 0.25) is 0 Å². The van der Waals surface area contributed by atoms with Crippen LogP contribution in [0.2, 0.25) is 0 Å². The summed E-state index contributed by atoms with van der Waals surface area (Å²) < 4.78 is 14.4. The van der Waals surface area contributed by atoms with E-state index < -0.39 is 11.8 Å². The molecular formula is C11H7FN4O. The monoisotopic (exact) mass is 230 g/mol. The molecule has 1 aromatic carbocycles. The lowest BCUT2D eigenvalue weighted by molar-refractivity contribution is 0.253. The summed E-state index contributed by atoms with van der Waals surface area (Å²) >= 11 is 0. The van der Waals surface area contributed by atoms with Crippen molar-refractivity contribution in [3.8, 4) is 6.07 Å². The molecule has 0 radical (unpaired) electrons. The van der Waals surface area contributed by atoms with E-state index in [9.17, 15) is 9.18 Å². The zero-order valence-corrected chi connectivity index (χ0v) is 8.59. The van der Waals surface area contributed by atoms with Crippen LogP contribution >= 0.6 is 0 Å². The number of carbonyl (C=O) groups is 1. The zero-order valence-electron chi connectivity index (χ0n) is 8.59. The van der Waals surface area contributed by atoms with Crippen LogP contribution < -0.4 is 5.32 Å². The van der Waals surface area contributed by atoms with Gasteiger partial charge < -0.3 is 5.32 Å². The van der Waals surface area contributed by atoms with Gasteiger partial charge in [-0.3, -0.25) is 4.57 Å². The predicted molar refractivity (Wildman–Crippen MR) is 57.8 cm³/mol. The van der Waals surface area contributed by atoms with Crippen LogP contribution in [-0.4, -0.2) is 15.6 Å². The van der Waals surface area contributed by atoms with E-state index in [0.29, 0.717) is 0 Å². The number of nitrogens with zero attached hydrogens (tertiary/aromatic N) is 3. The lowest BCUT2D eigenvalue weighted by Gasteiger charge is -2.07. The minimum Gasteiger partial charge on any atom is -0.306 e. The Kier molecular flexibility index (Phi) is 2.83.